The van der Waals surface area contributed by atoms with Gasteiger partial charge in [-0.15, -0.1) is 0 Å². The summed E-state index contributed by atoms with van der Waals surface area (Å²) in [5.41, 5.74) is 4.65. The lowest BCUT2D eigenvalue weighted by molar-refractivity contribution is -0.0776. The van der Waals surface area contributed by atoms with E-state index in [1.54, 1.807) is 24.3 Å². The maximum atomic E-state index is 12.2. The molecular weight excluding hydrogens is 410 g/mol. The van der Waals surface area contributed by atoms with Crippen LogP contribution in [0.15, 0.2) is 40.3 Å². The van der Waals surface area contributed by atoms with E-state index in [2.05, 4.69) is 9.97 Å². The molecule has 0 amide bonds. The van der Waals surface area contributed by atoms with Gasteiger partial charge in [0.05, 0.1) is 6.61 Å². The van der Waals surface area contributed by atoms with Crippen LogP contribution in [0, 0.1) is 0 Å². The first-order valence-corrected chi connectivity index (χ1v) is 9.32. The number of hydrogen-bond acceptors (Lipinski definition) is 9. The number of fused-ring (bicyclic) bond motifs is 1. The van der Waals surface area contributed by atoms with Crippen LogP contribution in [0.3, 0.4) is 0 Å². The van der Waals surface area contributed by atoms with E-state index in [0.29, 0.717) is 14.9 Å². The topological polar surface area (TPSA) is 160 Å². The van der Waals surface area contributed by atoms with Crippen molar-refractivity contribution in [1.29, 1.82) is 0 Å². The second-order valence-electron chi connectivity index (χ2n) is 6.13. The van der Waals surface area contributed by atoms with Gasteiger partial charge in [-0.05, 0) is 24.3 Å². The molecule has 148 valence electrons. The molecule has 28 heavy (non-hydrogen) atoms. The average molecular weight is 427 g/mol. The van der Waals surface area contributed by atoms with Gasteiger partial charge in [0.2, 0.25) is 11.0 Å². The van der Waals surface area contributed by atoms with Gasteiger partial charge in [-0.1, -0.05) is 23.4 Å². The highest BCUT2D eigenvalue weighted by Crippen LogP contribution is 2.48. The fourth-order valence-electron chi connectivity index (χ4n) is 3.04. The fourth-order valence-corrected chi connectivity index (χ4v) is 4.44. The minimum atomic E-state index is -1.77. The normalized spacial score (nSPS) is 28.0. The number of aromatic amines is 1. The number of imidazole rings is 1. The summed E-state index contributed by atoms with van der Waals surface area (Å²) in [5.74, 6) is -0.386. The first-order chi connectivity index (χ1) is 13.8. The Hall–Kier alpha value is -2.15. The zero-order valence-corrected chi connectivity index (χ0v) is 15.7. The molecular formula is C16H16ClN5O5S. The van der Waals surface area contributed by atoms with Gasteiger partial charge >= 0.3 is 5.56 Å². The van der Waals surface area contributed by atoms with Gasteiger partial charge in [-0.3, -0.25) is 9.36 Å². The molecule has 3 heterocycles. The van der Waals surface area contributed by atoms with Crippen LogP contribution in [-0.4, -0.2) is 59.8 Å². The number of aliphatic hydroxyl groups is 3. The van der Waals surface area contributed by atoms with E-state index in [1.807, 2.05) is 0 Å². The molecule has 3 aromatic rings. The monoisotopic (exact) mass is 426 g/mol. The number of nitrogen functional groups attached to an aromatic ring is 1. The van der Waals surface area contributed by atoms with Gasteiger partial charge in [-0.2, -0.15) is 4.98 Å². The number of anilines is 1. The molecule has 0 bridgehead atoms. The zero-order chi connectivity index (χ0) is 20.9. The molecule has 1 fully saturated rings. The molecule has 0 aliphatic carbocycles. The third kappa shape index (κ3) is 2.96. The molecule has 2 aromatic heterocycles. The van der Waals surface area contributed by atoms with Gasteiger partial charge < -0.3 is 30.8 Å². The van der Waals surface area contributed by atoms with Crippen molar-refractivity contribution in [2.75, 3.05) is 12.3 Å². The number of ether oxygens (including phenoxy) is 1. The molecule has 1 saturated heterocycles. The molecule has 4 atom stereocenters. The average Bonchev–Trinajstić information content (AvgIpc) is 3.25. The van der Waals surface area contributed by atoms with Gasteiger partial charge in [0, 0.05) is 9.92 Å². The summed E-state index contributed by atoms with van der Waals surface area (Å²) < 4.78 is 15.3. The Morgan fingerprint density at radius 2 is 2.14 bits per heavy atom. The van der Waals surface area contributed by atoms with Gasteiger partial charge in [-0.25, -0.2) is 4.98 Å². The lowest BCUT2D eigenvalue weighted by Gasteiger charge is -2.33. The molecule has 0 saturated carbocycles. The summed E-state index contributed by atoms with van der Waals surface area (Å²) >= 11 is 6.92. The van der Waals surface area contributed by atoms with Crippen LogP contribution in [0.25, 0.3) is 11.2 Å². The van der Waals surface area contributed by atoms with E-state index in [-0.39, 0.29) is 17.1 Å². The van der Waals surface area contributed by atoms with Crippen molar-refractivity contribution in [3.63, 3.8) is 0 Å². The van der Waals surface area contributed by atoms with Crippen LogP contribution in [-0.2, 0) is 9.79 Å². The highest BCUT2D eigenvalue weighted by atomic mass is 35.5. The summed E-state index contributed by atoms with van der Waals surface area (Å²) in [4.78, 5) is 21.0. The highest BCUT2D eigenvalue weighted by molar-refractivity contribution is 8.00. The second kappa shape index (κ2) is 7.03. The summed E-state index contributed by atoms with van der Waals surface area (Å²) in [5, 5.41) is 29.6. The van der Waals surface area contributed by atoms with E-state index in [1.165, 1.54) is 10.9 Å². The summed E-state index contributed by atoms with van der Waals surface area (Å²) in [6.45, 7) is -0.564. The van der Waals surface area contributed by atoms with Crippen molar-refractivity contribution < 1.29 is 21.5 Å². The molecule has 12 heteroatoms. The van der Waals surface area contributed by atoms with Crippen LogP contribution in [0.5, 0.6) is 0 Å². The SMILES string of the molecule is [2H]n1c(N)nc(=O)c2ncn([C@]3(Sc4ccc(Cl)cc4)O[C@H](CO)[C@@H](O)[C@H]3O)c21. The minimum absolute atomic E-state index is 0.0891. The molecule has 1 aromatic carbocycles. The molecule has 1 aliphatic rings. The predicted octanol–water partition coefficient (Wildman–Crippen LogP) is -0.129. The van der Waals surface area contributed by atoms with E-state index in [0.717, 1.165) is 11.8 Å². The van der Waals surface area contributed by atoms with Crippen molar-refractivity contribution in [1.82, 2.24) is 19.5 Å². The number of hydrogen-bond donors (Lipinski definition) is 5. The number of aromatic nitrogens is 4. The number of nitrogens with two attached hydrogens (primary N) is 1. The molecule has 0 spiro atoms. The largest absolute Gasteiger partial charge is 0.394 e. The number of aliphatic hydroxyl groups excluding tert-OH is 3. The first-order valence-electron chi connectivity index (χ1n) is 8.58. The standard InChI is InChI=1S/C16H16ClN5O5S/c17-7-1-3-8(4-2-7)28-16(12(25)11(24)9(5-23)27-16)22-6-19-10-13(22)20-15(18)21-14(10)26/h1-4,6,9,11-12,23-25H,5H2,(H3,18,20,21,26)/t9-,11-,12-,16+/m1/s1/i/hD. The van der Waals surface area contributed by atoms with Crippen molar-refractivity contribution in [2.24, 2.45) is 0 Å². The fraction of sp³-hybridized carbons (Fsp3) is 0.312. The molecule has 4 rings (SSSR count). The number of H-pyrrole nitrogens is 1. The van der Waals surface area contributed by atoms with Crippen LogP contribution >= 0.6 is 23.4 Å². The van der Waals surface area contributed by atoms with Gasteiger partial charge in [0.25, 0.3) is 0 Å². The first kappa shape index (κ1) is 17.9. The van der Waals surface area contributed by atoms with Crippen LogP contribution in [0.1, 0.15) is 0 Å². The summed E-state index contributed by atoms with van der Waals surface area (Å²) in [6, 6.07) is 6.61. The number of nitrogens with zero attached hydrogens (tertiary/aromatic N) is 3. The molecule has 1 aliphatic heterocycles. The molecule has 0 radical (unpaired) electrons. The number of nitrogens with one attached hydrogen (secondary N) is 1. The maximum absolute atomic E-state index is 12.2. The van der Waals surface area contributed by atoms with Crippen molar-refractivity contribution in [3.05, 3.63) is 46.0 Å². The predicted molar refractivity (Wildman–Crippen MR) is 102 cm³/mol. The summed E-state index contributed by atoms with van der Waals surface area (Å²) in [6.07, 6.45) is -2.92. The van der Waals surface area contributed by atoms with Crippen molar-refractivity contribution >= 4 is 40.5 Å². The quantitative estimate of drug-likeness (QED) is 0.383. The van der Waals surface area contributed by atoms with Gasteiger partial charge in [0.1, 0.15) is 30.3 Å². The highest BCUT2D eigenvalue weighted by Gasteiger charge is 2.57. The minimum Gasteiger partial charge on any atom is -0.394 e. The van der Waals surface area contributed by atoms with E-state index in [4.69, 9.17) is 23.5 Å². The second-order valence-corrected chi connectivity index (χ2v) is 7.83. The van der Waals surface area contributed by atoms with Crippen LogP contribution < -0.4 is 11.3 Å². The zero-order valence-electron chi connectivity index (χ0n) is 15.1. The Balaban J connectivity index is 1.96. The van der Waals surface area contributed by atoms with E-state index >= 15 is 0 Å². The third-order valence-electron chi connectivity index (χ3n) is 4.37. The van der Waals surface area contributed by atoms with Crippen LogP contribution in [0.2, 0.25) is 6.43 Å². The van der Waals surface area contributed by atoms with E-state index in [9.17, 15) is 20.1 Å². The van der Waals surface area contributed by atoms with E-state index < -0.39 is 35.5 Å². The number of rotatable bonds is 4. The number of halogens is 1. The number of thioether (sulfide) groups is 1. The smallest absolute Gasteiger partial charge is 0.302 e. The Morgan fingerprint density at radius 3 is 2.79 bits per heavy atom. The Bertz CT molecular complexity index is 1130. The van der Waals surface area contributed by atoms with Crippen LogP contribution in [0.4, 0.5) is 5.95 Å². The molecule has 10 nitrogen and oxygen atoms in total. The molecule has 6 N–H and O–H groups in total. The van der Waals surface area contributed by atoms with Crippen molar-refractivity contribution in [3.8, 4) is 0 Å². The molecule has 0 unspecified atom stereocenters. The summed E-state index contributed by atoms with van der Waals surface area (Å²) in [7, 11) is 0. The lowest BCUT2D eigenvalue weighted by Crippen LogP contribution is -2.43. The third-order valence-corrected chi connectivity index (χ3v) is 5.96. The number of benzene rings is 1. The maximum Gasteiger partial charge on any atom is 0.302 e. The van der Waals surface area contributed by atoms with Crippen molar-refractivity contribution in [2.45, 2.75) is 28.3 Å². The Kier molecular flexibility index (Phi) is 4.50. The van der Waals surface area contributed by atoms with Gasteiger partial charge in [0.15, 0.2) is 6.93 Å². The Morgan fingerprint density at radius 1 is 1.43 bits per heavy atom. The Labute approximate surface area is 168 Å². The lowest BCUT2D eigenvalue weighted by atomic mass is 10.1.